The molecule has 0 unspecified atom stereocenters. The Morgan fingerprint density at radius 1 is 1.12 bits per heavy atom. The summed E-state index contributed by atoms with van der Waals surface area (Å²) in [6, 6.07) is 12.3. The van der Waals surface area contributed by atoms with Crippen molar-refractivity contribution in [1.29, 1.82) is 0 Å². The van der Waals surface area contributed by atoms with Gasteiger partial charge in [0.2, 0.25) is 11.8 Å². The second-order valence-electron chi connectivity index (χ2n) is 4.87. The normalized spacial score (nSPS) is 11.0. The number of halogens is 3. The van der Waals surface area contributed by atoms with Gasteiger partial charge in [0.1, 0.15) is 0 Å². The molecular weight excluding hydrogens is 323 g/mol. The van der Waals surface area contributed by atoms with E-state index in [1.54, 1.807) is 12.1 Å². The number of carbonyl (C=O) groups excluding carboxylic acids is 1. The van der Waals surface area contributed by atoms with E-state index < -0.39 is 12.8 Å². The van der Waals surface area contributed by atoms with Crippen LogP contribution in [0.1, 0.15) is 5.56 Å². The maximum Gasteiger partial charge on any atom is 0.422 e. The van der Waals surface area contributed by atoms with E-state index in [0.717, 1.165) is 5.69 Å². The van der Waals surface area contributed by atoms with Crippen molar-refractivity contribution < 1.29 is 22.7 Å². The van der Waals surface area contributed by atoms with E-state index >= 15 is 0 Å². The van der Waals surface area contributed by atoms with Gasteiger partial charge in [0.15, 0.2) is 6.61 Å². The fraction of sp³-hybridized carbons (Fsp3) is 0.250. The zero-order valence-corrected chi connectivity index (χ0v) is 12.6. The van der Waals surface area contributed by atoms with Crippen LogP contribution in [0.25, 0.3) is 0 Å². The lowest BCUT2D eigenvalue weighted by Crippen LogP contribution is -2.29. The molecule has 0 aliphatic carbocycles. The number of nitrogens with one attached hydrogen (secondary N) is 2. The zero-order chi connectivity index (χ0) is 17.4. The summed E-state index contributed by atoms with van der Waals surface area (Å²) >= 11 is 0. The van der Waals surface area contributed by atoms with E-state index in [-0.39, 0.29) is 24.9 Å². The lowest BCUT2D eigenvalue weighted by molar-refractivity contribution is -0.154. The molecule has 1 heterocycles. The Kier molecular flexibility index (Phi) is 6.00. The molecule has 0 fully saturated rings. The van der Waals surface area contributed by atoms with Crippen LogP contribution in [0.15, 0.2) is 48.7 Å². The van der Waals surface area contributed by atoms with Crippen molar-refractivity contribution in [2.24, 2.45) is 0 Å². The molecule has 24 heavy (non-hydrogen) atoms. The van der Waals surface area contributed by atoms with Gasteiger partial charge in [-0.05, 0) is 18.2 Å². The standard InChI is InChI=1S/C16H16F3N3O2/c17-16(18,19)11-24-15-12(5-4-8-20-15)9-22-14(23)10-21-13-6-2-1-3-7-13/h1-8,21H,9-11H2,(H,22,23). The first-order valence-electron chi connectivity index (χ1n) is 7.13. The summed E-state index contributed by atoms with van der Waals surface area (Å²) in [4.78, 5) is 15.6. The van der Waals surface area contributed by atoms with Gasteiger partial charge in [-0.25, -0.2) is 4.98 Å². The van der Waals surface area contributed by atoms with Crippen LogP contribution in [0.3, 0.4) is 0 Å². The van der Waals surface area contributed by atoms with E-state index in [0.29, 0.717) is 5.56 Å². The number of hydrogen-bond acceptors (Lipinski definition) is 4. The van der Waals surface area contributed by atoms with Crippen LogP contribution in [0.5, 0.6) is 5.88 Å². The SMILES string of the molecule is O=C(CNc1ccccc1)NCc1cccnc1OCC(F)(F)F. The summed E-state index contributed by atoms with van der Waals surface area (Å²) in [6.45, 7) is -1.36. The number of nitrogens with zero attached hydrogens (tertiary/aromatic N) is 1. The maximum absolute atomic E-state index is 12.2. The molecule has 1 aromatic carbocycles. The number of pyridine rings is 1. The monoisotopic (exact) mass is 339 g/mol. The number of alkyl halides is 3. The number of rotatable bonds is 7. The predicted molar refractivity (Wildman–Crippen MR) is 82.6 cm³/mol. The van der Waals surface area contributed by atoms with Crippen LogP contribution in [-0.2, 0) is 11.3 Å². The van der Waals surface area contributed by atoms with Gasteiger partial charge in [-0.1, -0.05) is 24.3 Å². The van der Waals surface area contributed by atoms with Crippen LogP contribution in [0, 0.1) is 0 Å². The van der Waals surface area contributed by atoms with Gasteiger partial charge in [-0.2, -0.15) is 13.2 Å². The molecule has 2 N–H and O–H groups in total. The summed E-state index contributed by atoms with van der Waals surface area (Å²) in [5.74, 6) is -0.448. The number of para-hydroxylation sites is 1. The van der Waals surface area contributed by atoms with E-state index in [4.69, 9.17) is 0 Å². The first kappa shape index (κ1) is 17.6. The van der Waals surface area contributed by atoms with Crippen molar-refractivity contribution in [1.82, 2.24) is 10.3 Å². The lowest BCUT2D eigenvalue weighted by atomic mass is 10.2. The zero-order valence-electron chi connectivity index (χ0n) is 12.6. The molecule has 0 spiro atoms. The highest BCUT2D eigenvalue weighted by atomic mass is 19.4. The number of aromatic nitrogens is 1. The molecule has 5 nitrogen and oxygen atoms in total. The topological polar surface area (TPSA) is 63.2 Å². The molecule has 0 saturated heterocycles. The molecule has 2 aromatic rings. The summed E-state index contributed by atoms with van der Waals surface area (Å²) in [6.07, 6.45) is -3.12. The van der Waals surface area contributed by atoms with Gasteiger partial charge in [-0.3, -0.25) is 4.79 Å². The molecule has 2 rings (SSSR count). The molecule has 1 aromatic heterocycles. The first-order chi connectivity index (χ1) is 11.4. The minimum Gasteiger partial charge on any atom is -0.468 e. The highest BCUT2D eigenvalue weighted by molar-refractivity contribution is 5.80. The third-order valence-corrected chi connectivity index (χ3v) is 2.93. The summed E-state index contributed by atoms with van der Waals surface area (Å²) in [5.41, 5.74) is 1.16. The molecule has 0 radical (unpaired) electrons. The maximum atomic E-state index is 12.2. The Bertz CT molecular complexity index is 663. The predicted octanol–water partition coefficient (Wildman–Crippen LogP) is 2.75. The average molecular weight is 339 g/mol. The van der Waals surface area contributed by atoms with Gasteiger partial charge in [0.05, 0.1) is 6.54 Å². The fourth-order valence-corrected chi connectivity index (χ4v) is 1.83. The minimum absolute atomic E-state index is 0.0241. The Balaban J connectivity index is 1.84. The molecule has 128 valence electrons. The Labute approximate surface area is 136 Å². The number of amides is 1. The Hall–Kier alpha value is -2.77. The second-order valence-corrected chi connectivity index (χ2v) is 4.87. The largest absolute Gasteiger partial charge is 0.468 e. The third kappa shape index (κ3) is 6.15. The van der Waals surface area contributed by atoms with Gasteiger partial charge in [0, 0.05) is 24.0 Å². The van der Waals surface area contributed by atoms with Crippen LogP contribution >= 0.6 is 0 Å². The van der Waals surface area contributed by atoms with E-state index in [9.17, 15) is 18.0 Å². The number of hydrogen-bond donors (Lipinski definition) is 2. The molecule has 0 aliphatic heterocycles. The first-order valence-corrected chi connectivity index (χ1v) is 7.13. The van der Waals surface area contributed by atoms with Crippen molar-refractivity contribution in [3.8, 4) is 5.88 Å². The lowest BCUT2D eigenvalue weighted by Gasteiger charge is -2.12. The van der Waals surface area contributed by atoms with E-state index in [1.807, 2.05) is 30.3 Å². The van der Waals surface area contributed by atoms with Crippen LogP contribution < -0.4 is 15.4 Å². The van der Waals surface area contributed by atoms with Gasteiger partial charge < -0.3 is 15.4 Å². The molecular formula is C16H16F3N3O2. The van der Waals surface area contributed by atoms with Gasteiger partial charge in [-0.15, -0.1) is 0 Å². The third-order valence-electron chi connectivity index (χ3n) is 2.93. The summed E-state index contributed by atoms with van der Waals surface area (Å²) in [7, 11) is 0. The second kappa shape index (κ2) is 8.19. The highest BCUT2D eigenvalue weighted by Gasteiger charge is 2.29. The Morgan fingerprint density at radius 2 is 1.88 bits per heavy atom. The number of carbonyl (C=O) groups is 1. The quantitative estimate of drug-likeness (QED) is 0.814. The minimum atomic E-state index is -4.45. The molecule has 0 atom stereocenters. The summed E-state index contributed by atoms with van der Waals surface area (Å²) < 4.78 is 41.3. The molecule has 0 aliphatic rings. The number of ether oxygens (including phenoxy) is 1. The summed E-state index contributed by atoms with van der Waals surface area (Å²) in [5, 5.41) is 5.54. The molecule has 0 bridgehead atoms. The van der Waals surface area contributed by atoms with Gasteiger partial charge in [0.25, 0.3) is 0 Å². The molecule has 0 saturated carbocycles. The van der Waals surface area contributed by atoms with Crippen molar-refractivity contribution in [2.75, 3.05) is 18.5 Å². The number of anilines is 1. The Morgan fingerprint density at radius 3 is 2.58 bits per heavy atom. The van der Waals surface area contributed by atoms with Gasteiger partial charge >= 0.3 is 6.18 Å². The smallest absolute Gasteiger partial charge is 0.422 e. The van der Waals surface area contributed by atoms with Crippen LogP contribution in [0.4, 0.5) is 18.9 Å². The van der Waals surface area contributed by atoms with Crippen LogP contribution in [-0.4, -0.2) is 30.2 Å². The van der Waals surface area contributed by atoms with Crippen molar-refractivity contribution in [2.45, 2.75) is 12.7 Å². The van der Waals surface area contributed by atoms with Crippen molar-refractivity contribution in [3.63, 3.8) is 0 Å². The van der Waals surface area contributed by atoms with Crippen LogP contribution in [0.2, 0.25) is 0 Å². The van der Waals surface area contributed by atoms with Crippen molar-refractivity contribution >= 4 is 11.6 Å². The fourth-order valence-electron chi connectivity index (χ4n) is 1.83. The molecule has 1 amide bonds. The highest BCUT2D eigenvalue weighted by Crippen LogP contribution is 2.19. The number of benzene rings is 1. The van der Waals surface area contributed by atoms with E-state index in [1.165, 1.54) is 6.20 Å². The van der Waals surface area contributed by atoms with Crippen molar-refractivity contribution in [3.05, 3.63) is 54.2 Å². The molecule has 8 heteroatoms. The average Bonchev–Trinajstić information content (AvgIpc) is 2.57. The van der Waals surface area contributed by atoms with E-state index in [2.05, 4.69) is 20.4 Å².